The van der Waals surface area contributed by atoms with E-state index in [1.165, 1.54) is 12.8 Å². The molecule has 2 unspecified atom stereocenters. The second-order valence-corrected chi connectivity index (χ2v) is 6.10. The third kappa shape index (κ3) is 1.82. The fraction of sp³-hybridized carbons (Fsp3) is 1.00. The molecule has 1 heterocycles. The summed E-state index contributed by atoms with van der Waals surface area (Å²) in [5.41, 5.74) is -0.227. The molecule has 1 aliphatic carbocycles. The molecule has 1 aliphatic heterocycles. The molecule has 1 saturated carbocycles. The number of hydrogen-bond acceptors (Lipinski definition) is 2. The summed E-state index contributed by atoms with van der Waals surface area (Å²) in [6.07, 6.45) is 3.24. The molecule has 0 spiro atoms. The molecule has 2 fully saturated rings. The van der Waals surface area contributed by atoms with Gasteiger partial charge in [0.15, 0.2) is 0 Å². The first kappa shape index (κ1) is 10.4. The molecule has 2 atom stereocenters. The maximum atomic E-state index is 10.2. The summed E-state index contributed by atoms with van der Waals surface area (Å²) < 4.78 is 5.99. The highest BCUT2D eigenvalue weighted by molar-refractivity contribution is 5.00. The SMILES string of the molecule is CC1(C)CC(C(O)C2CC2)C(C)(C)O1. The van der Waals surface area contributed by atoms with Crippen LogP contribution in [-0.4, -0.2) is 22.4 Å². The van der Waals surface area contributed by atoms with Crippen LogP contribution in [0.4, 0.5) is 0 Å². The average Bonchev–Trinajstić information content (AvgIpc) is 2.75. The molecular formula is C12H22O2. The van der Waals surface area contributed by atoms with Crippen molar-refractivity contribution in [2.75, 3.05) is 0 Å². The zero-order valence-corrected chi connectivity index (χ0v) is 9.71. The van der Waals surface area contributed by atoms with Crippen molar-refractivity contribution >= 4 is 0 Å². The minimum absolute atomic E-state index is 0.0654. The van der Waals surface area contributed by atoms with Crippen molar-refractivity contribution < 1.29 is 9.84 Å². The number of ether oxygens (including phenoxy) is 1. The van der Waals surface area contributed by atoms with Crippen molar-refractivity contribution in [1.82, 2.24) is 0 Å². The highest BCUT2D eigenvalue weighted by Crippen LogP contribution is 2.48. The first-order chi connectivity index (χ1) is 6.32. The van der Waals surface area contributed by atoms with E-state index in [-0.39, 0.29) is 17.3 Å². The number of aliphatic hydroxyl groups is 1. The Kier molecular flexibility index (Phi) is 2.20. The summed E-state index contributed by atoms with van der Waals surface area (Å²) in [4.78, 5) is 0. The van der Waals surface area contributed by atoms with E-state index in [1.54, 1.807) is 0 Å². The maximum absolute atomic E-state index is 10.2. The Morgan fingerprint density at radius 3 is 2.14 bits per heavy atom. The van der Waals surface area contributed by atoms with Crippen molar-refractivity contribution in [2.45, 2.75) is 64.3 Å². The van der Waals surface area contributed by atoms with Crippen LogP contribution in [0, 0.1) is 11.8 Å². The molecule has 2 aliphatic rings. The highest BCUT2D eigenvalue weighted by atomic mass is 16.5. The van der Waals surface area contributed by atoms with Crippen LogP contribution in [0.3, 0.4) is 0 Å². The van der Waals surface area contributed by atoms with Crippen molar-refractivity contribution in [1.29, 1.82) is 0 Å². The molecule has 14 heavy (non-hydrogen) atoms. The normalized spacial score (nSPS) is 37.1. The lowest BCUT2D eigenvalue weighted by Gasteiger charge is -2.30. The Hall–Kier alpha value is -0.0800. The van der Waals surface area contributed by atoms with Gasteiger partial charge in [0.1, 0.15) is 0 Å². The molecule has 0 amide bonds. The summed E-state index contributed by atoms with van der Waals surface area (Å²) in [6, 6.07) is 0. The molecule has 0 aromatic carbocycles. The largest absolute Gasteiger partial charge is 0.392 e. The zero-order chi connectivity index (χ0) is 10.6. The molecule has 82 valence electrons. The number of rotatable bonds is 2. The van der Waals surface area contributed by atoms with Crippen LogP contribution in [0.15, 0.2) is 0 Å². The van der Waals surface area contributed by atoms with Crippen LogP contribution in [-0.2, 0) is 4.74 Å². The fourth-order valence-electron chi connectivity index (χ4n) is 2.90. The average molecular weight is 198 g/mol. The van der Waals surface area contributed by atoms with Crippen molar-refractivity contribution in [2.24, 2.45) is 11.8 Å². The van der Waals surface area contributed by atoms with Gasteiger partial charge in [0.25, 0.3) is 0 Å². The summed E-state index contributed by atoms with van der Waals surface area (Å²) in [7, 11) is 0. The summed E-state index contributed by atoms with van der Waals surface area (Å²) in [6.45, 7) is 8.46. The fourth-order valence-corrected chi connectivity index (χ4v) is 2.90. The molecule has 2 heteroatoms. The van der Waals surface area contributed by atoms with Gasteiger partial charge in [-0.15, -0.1) is 0 Å². The summed E-state index contributed by atoms with van der Waals surface area (Å²) in [5.74, 6) is 0.863. The third-order valence-corrected chi connectivity index (χ3v) is 3.66. The topological polar surface area (TPSA) is 29.5 Å². The summed E-state index contributed by atoms with van der Waals surface area (Å²) >= 11 is 0. The molecule has 1 saturated heterocycles. The quantitative estimate of drug-likeness (QED) is 0.738. The van der Waals surface area contributed by atoms with E-state index in [0.717, 1.165) is 6.42 Å². The van der Waals surface area contributed by atoms with Crippen LogP contribution < -0.4 is 0 Å². The van der Waals surface area contributed by atoms with Crippen LogP contribution in [0.25, 0.3) is 0 Å². The smallest absolute Gasteiger partial charge is 0.0687 e. The molecule has 0 aromatic rings. The number of aliphatic hydroxyl groups excluding tert-OH is 1. The van der Waals surface area contributed by atoms with Gasteiger partial charge in [-0.25, -0.2) is 0 Å². The van der Waals surface area contributed by atoms with Crippen molar-refractivity contribution in [3.8, 4) is 0 Å². The number of hydrogen-bond donors (Lipinski definition) is 1. The predicted molar refractivity (Wildman–Crippen MR) is 56.1 cm³/mol. The second kappa shape index (κ2) is 2.96. The molecule has 2 rings (SSSR count). The lowest BCUT2D eigenvalue weighted by atomic mass is 9.81. The molecular weight excluding hydrogens is 176 g/mol. The van der Waals surface area contributed by atoms with E-state index < -0.39 is 0 Å². The van der Waals surface area contributed by atoms with Gasteiger partial charge in [-0.3, -0.25) is 0 Å². The van der Waals surface area contributed by atoms with E-state index >= 15 is 0 Å². The van der Waals surface area contributed by atoms with Crippen molar-refractivity contribution in [3.05, 3.63) is 0 Å². The van der Waals surface area contributed by atoms with E-state index in [2.05, 4.69) is 27.7 Å². The molecule has 2 nitrogen and oxygen atoms in total. The first-order valence-corrected chi connectivity index (χ1v) is 5.70. The molecule has 0 bridgehead atoms. The standard InChI is InChI=1S/C12H22O2/c1-11(2)7-9(12(3,4)14-11)10(13)8-5-6-8/h8-10,13H,5-7H2,1-4H3. The molecule has 0 aromatic heterocycles. The van der Waals surface area contributed by atoms with Gasteiger partial charge in [-0.1, -0.05) is 0 Å². The monoisotopic (exact) mass is 198 g/mol. The van der Waals surface area contributed by atoms with E-state index in [4.69, 9.17) is 4.74 Å². The van der Waals surface area contributed by atoms with Crippen LogP contribution in [0.2, 0.25) is 0 Å². The Balaban J connectivity index is 2.10. The Bertz CT molecular complexity index is 228. The van der Waals surface area contributed by atoms with E-state index in [0.29, 0.717) is 11.8 Å². The van der Waals surface area contributed by atoms with Gasteiger partial charge >= 0.3 is 0 Å². The highest BCUT2D eigenvalue weighted by Gasteiger charge is 2.51. The molecule has 0 radical (unpaired) electrons. The van der Waals surface area contributed by atoms with E-state index in [1.807, 2.05) is 0 Å². The van der Waals surface area contributed by atoms with Gasteiger partial charge in [-0.05, 0) is 52.9 Å². The lowest BCUT2D eigenvalue weighted by Crippen LogP contribution is -2.37. The maximum Gasteiger partial charge on any atom is 0.0687 e. The predicted octanol–water partition coefficient (Wildman–Crippen LogP) is 2.35. The van der Waals surface area contributed by atoms with Gasteiger partial charge in [-0.2, -0.15) is 0 Å². The van der Waals surface area contributed by atoms with Crippen molar-refractivity contribution in [3.63, 3.8) is 0 Å². The Morgan fingerprint density at radius 1 is 1.21 bits per heavy atom. The minimum Gasteiger partial charge on any atom is -0.392 e. The Morgan fingerprint density at radius 2 is 1.79 bits per heavy atom. The van der Waals surface area contributed by atoms with Crippen LogP contribution >= 0.6 is 0 Å². The lowest BCUT2D eigenvalue weighted by molar-refractivity contribution is -0.0895. The molecule has 1 N–H and O–H groups in total. The second-order valence-electron chi connectivity index (χ2n) is 6.10. The van der Waals surface area contributed by atoms with Crippen LogP contribution in [0.5, 0.6) is 0 Å². The third-order valence-electron chi connectivity index (χ3n) is 3.66. The first-order valence-electron chi connectivity index (χ1n) is 5.70. The summed E-state index contributed by atoms with van der Waals surface area (Å²) in [5, 5.41) is 10.2. The van der Waals surface area contributed by atoms with E-state index in [9.17, 15) is 5.11 Å². The zero-order valence-electron chi connectivity index (χ0n) is 9.71. The Labute approximate surface area is 86.6 Å². The van der Waals surface area contributed by atoms with Crippen LogP contribution in [0.1, 0.15) is 47.0 Å². The van der Waals surface area contributed by atoms with Gasteiger partial charge in [0.05, 0.1) is 17.3 Å². The minimum atomic E-state index is -0.161. The van der Waals surface area contributed by atoms with Gasteiger partial charge in [0.2, 0.25) is 0 Å². The van der Waals surface area contributed by atoms with Gasteiger partial charge < -0.3 is 9.84 Å². The van der Waals surface area contributed by atoms with Gasteiger partial charge in [0, 0.05) is 5.92 Å².